The van der Waals surface area contributed by atoms with Crippen molar-refractivity contribution in [3.8, 4) is 28.4 Å². The number of aromatic amines is 1. The Kier molecular flexibility index (Phi) is 2.86. The van der Waals surface area contributed by atoms with Crippen LogP contribution in [0.5, 0.6) is 5.75 Å². The van der Waals surface area contributed by atoms with Crippen molar-refractivity contribution in [3.63, 3.8) is 0 Å². The molecule has 0 saturated carbocycles. The summed E-state index contributed by atoms with van der Waals surface area (Å²) in [5.41, 5.74) is 3.63. The van der Waals surface area contributed by atoms with E-state index in [0.29, 0.717) is 0 Å². The summed E-state index contributed by atoms with van der Waals surface area (Å²) < 4.78 is 7.14. The Bertz CT molecular complexity index is 910. The van der Waals surface area contributed by atoms with Crippen LogP contribution in [0.2, 0.25) is 0 Å². The molecule has 0 aliphatic heterocycles. The lowest BCUT2D eigenvalue weighted by molar-refractivity contribution is 0.415. The van der Waals surface area contributed by atoms with Crippen molar-refractivity contribution in [2.45, 2.75) is 0 Å². The van der Waals surface area contributed by atoms with E-state index in [4.69, 9.17) is 9.72 Å². The zero-order valence-electron chi connectivity index (χ0n) is 11.9. The van der Waals surface area contributed by atoms with Crippen LogP contribution in [-0.2, 0) is 0 Å². The monoisotopic (exact) mass is 291 g/mol. The molecule has 3 heterocycles. The summed E-state index contributed by atoms with van der Waals surface area (Å²) in [4.78, 5) is 9.14. The van der Waals surface area contributed by atoms with Gasteiger partial charge in [-0.1, -0.05) is 0 Å². The first kappa shape index (κ1) is 12.6. The molecule has 6 heteroatoms. The van der Waals surface area contributed by atoms with Gasteiger partial charge < -0.3 is 4.74 Å². The maximum Gasteiger partial charge on any atom is 0.149 e. The summed E-state index contributed by atoms with van der Waals surface area (Å²) in [6.45, 7) is 0. The zero-order valence-corrected chi connectivity index (χ0v) is 11.9. The standard InChI is InChI=1S/C16H13N5O/c1-22-13-4-2-11(3-5-13)14-8-15-17-6-7-21(15)16(20-14)12-9-18-19-10-12/h2-10H,1H3,(H,18,19). The first-order chi connectivity index (χ1) is 10.8. The smallest absolute Gasteiger partial charge is 0.149 e. The fourth-order valence-electron chi connectivity index (χ4n) is 2.41. The average molecular weight is 291 g/mol. The second-order valence-electron chi connectivity index (χ2n) is 4.84. The van der Waals surface area contributed by atoms with Crippen LogP contribution in [0.25, 0.3) is 28.3 Å². The highest BCUT2D eigenvalue weighted by Crippen LogP contribution is 2.25. The molecule has 0 unspecified atom stereocenters. The van der Waals surface area contributed by atoms with Crippen molar-refractivity contribution in [2.24, 2.45) is 0 Å². The lowest BCUT2D eigenvalue weighted by Gasteiger charge is -2.07. The first-order valence-corrected chi connectivity index (χ1v) is 6.83. The van der Waals surface area contributed by atoms with Crippen molar-refractivity contribution in [1.82, 2.24) is 24.6 Å². The molecule has 0 aliphatic carbocycles. The van der Waals surface area contributed by atoms with Crippen LogP contribution < -0.4 is 4.74 Å². The van der Waals surface area contributed by atoms with Crippen LogP contribution >= 0.6 is 0 Å². The topological polar surface area (TPSA) is 68.1 Å². The van der Waals surface area contributed by atoms with Crippen LogP contribution in [0.1, 0.15) is 0 Å². The molecule has 6 nitrogen and oxygen atoms in total. The molecule has 0 spiro atoms. The van der Waals surface area contributed by atoms with Crippen molar-refractivity contribution >= 4 is 5.65 Å². The number of hydrogen-bond donors (Lipinski definition) is 1. The Hall–Kier alpha value is -3.15. The van der Waals surface area contributed by atoms with Crippen LogP contribution in [0.15, 0.2) is 55.1 Å². The normalized spacial score (nSPS) is 11.0. The molecule has 0 saturated heterocycles. The Labute approximate surface area is 126 Å². The molecular formula is C16H13N5O. The third-order valence-electron chi connectivity index (χ3n) is 3.53. The van der Waals surface area contributed by atoms with E-state index in [9.17, 15) is 0 Å². The highest BCUT2D eigenvalue weighted by Gasteiger charge is 2.11. The number of ether oxygens (including phenoxy) is 1. The highest BCUT2D eigenvalue weighted by atomic mass is 16.5. The molecule has 108 valence electrons. The summed E-state index contributed by atoms with van der Waals surface area (Å²) in [6.07, 6.45) is 7.22. The predicted octanol–water partition coefficient (Wildman–Crippen LogP) is 2.79. The first-order valence-electron chi connectivity index (χ1n) is 6.83. The number of methoxy groups -OCH3 is 1. The van der Waals surface area contributed by atoms with E-state index in [1.807, 2.05) is 47.1 Å². The van der Waals surface area contributed by atoms with Crippen LogP contribution in [0.4, 0.5) is 0 Å². The van der Waals surface area contributed by atoms with Gasteiger partial charge >= 0.3 is 0 Å². The molecular weight excluding hydrogens is 278 g/mol. The molecule has 0 fully saturated rings. The Balaban J connectivity index is 1.91. The number of rotatable bonds is 3. The van der Waals surface area contributed by atoms with E-state index in [1.165, 1.54) is 0 Å². The molecule has 0 bridgehead atoms. The van der Waals surface area contributed by atoms with E-state index < -0.39 is 0 Å². The van der Waals surface area contributed by atoms with Gasteiger partial charge in [-0.05, 0) is 24.3 Å². The summed E-state index contributed by atoms with van der Waals surface area (Å²) in [5.74, 6) is 1.62. The van der Waals surface area contributed by atoms with Crippen LogP contribution in [0.3, 0.4) is 0 Å². The molecule has 0 atom stereocenters. The van der Waals surface area contributed by atoms with Crippen LogP contribution in [-0.4, -0.2) is 31.7 Å². The molecule has 0 radical (unpaired) electrons. The van der Waals surface area contributed by atoms with Gasteiger partial charge in [0.25, 0.3) is 0 Å². The number of fused-ring (bicyclic) bond motifs is 1. The third-order valence-corrected chi connectivity index (χ3v) is 3.53. The quantitative estimate of drug-likeness (QED) is 0.630. The SMILES string of the molecule is COc1ccc(-c2cc3nccn3c(-c3cn[nH]c3)n2)cc1. The van der Waals surface area contributed by atoms with Gasteiger partial charge in [0, 0.05) is 30.2 Å². The second kappa shape index (κ2) is 5.00. The minimum atomic E-state index is 0.801. The molecule has 4 aromatic rings. The largest absolute Gasteiger partial charge is 0.497 e. The molecule has 1 aromatic carbocycles. The molecule has 1 N–H and O–H groups in total. The van der Waals surface area contributed by atoms with Gasteiger partial charge in [-0.15, -0.1) is 0 Å². The Morgan fingerprint density at radius 3 is 2.73 bits per heavy atom. The van der Waals surface area contributed by atoms with Crippen LogP contribution in [0, 0.1) is 0 Å². The highest BCUT2D eigenvalue weighted by molar-refractivity contribution is 5.69. The maximum absolute atomic E-state index is 5.20. The molecule has 3 aromatic heterocycles. The number of hydrogen-bond acceptors (Lipinski definition) is 4. The van der Waals surface area contributed by atoms with Gasteiger partial charge in [0.1, 0.15) is 17.2 Å². The van der Waals surface area contributed by atoms with E-state index in [1.54, 1.807) is 19.5 Å². The van der Waals surface area contributed by atoms with Gasteiger partial charge in [0.2, 0.25) is 0 Å². The van der Waals surface area contributed by atoms with Crippen molar-refractivity contribution in [2.75, 3.05) is 7.11 Å². The van der Waals surface area contributed by atoms with Crippen molar-refractivity contribution in [3.05, 3.63) is 55.1 Å². The zero-order chi connectivity index (χ0) is 14.9. The number of aromatic nitrogens is 5. The molecule has 4 rings (SSSR count). The number of nitrogens with one attached hydrogen (secondary N) is 1. The minimum Gasteiger partial charge on any atom is -0.497 e. The van der Waals surface area contributed by atoms with Gasteiger partial charge in [-0.2, -0.15) is 5.10 Å². The minimum absolute atomic E-state index is 0.801. The van der Waals surface area contributed by atoms with E-state index in [-0.39, 0.29) is 0 Å². The number of H-pyrrole nitrogens is 1. The summed E-state index contributed by atoms with van der Waals surface area (Å²) in [6, 6.07) is 9.78. The summed E-state index contributed by atoms with van der Waals surface area (Å²) in [5, 5.41) is 6.82. The van der Waals surface area contributed by atoms with Gasteiger partial charge in [0.05, 0.1) is 24.6 Å². The van der Waals surface area contributed by atoms with E-state index in [2.05, 4.69) is 15.2 Å². The second-order valence-corrected chi connectivity index (χ2v) is 4.84. The van der Waals surface area contributed by atoms with Gasteiger partial charge in [0.15, 0.2) is 0 Å². The molecule has 22 heavy (non-hydrogen) atoms. The Morgan fingerprint density at radius 1 is 1.14 bits per heavy atom. The number of imidazole rings is 1. The average Bonchev–Trinajstić information content (AvgIpc) is 3.25. The van der Waals surface area contributed by atoms with Crippen molar-refractivity contribution < 1.29 is 4.74 Å². The summed E-state index contributed by atoms with van der Waals surface area (Å²) >= 11 is 0. The molecule has 0 aliphatic rings. The maximum atomic E-state index is 5.20. The van der Waals surface area contributed by atoms with E-state index in [0.717, 1.165) is 34.0 Å². The van der Waals surface area contributed by atoms with Gasteiger partial charge in [-0.3, -0.25) is 9.50 Å². The number of benzene rings is 1. The third kappa shape index (κ3) is 2.01. The fraction of sp³-hybridized carbons (Fsp3) is 0.0625. The van der Waals surface area contributed by atoms with Crippen molar-refractivity contribution in [1.29, 1.82) is 0 Å². The lowest BCUT2D eigenvalue weighted by Crippen LogP contribution is -1.97. The lowest BCUT2D eigenvalue weighted by atomic mass is 10.1. The van der Waals surface area contributed by atoms with E-state index >= 15 is 0 Å². The fourth-order valence-corrected chi connectivity index (χ4v) is 2.41. The number of nitrogens with zero attached hydrogens (tertiary/aromatic N) is 4. The van der Waals surface area contributed by atoms with Gasteiger partial charge in [-0.25, -0.2) is 9.97 Å². The Morgan fingerprint density at radius 2 is 2.00 bits per heavy atom. The molecule has 0 amide bonds. The summed E-state index contributed by atoms with van der Waals surface area (Å²) in [7, 11) is 1.65. The predicted molar refractivity (Wildman–Crippen MR) is 82.6 cm³/mol.